The molecule has 53 heavy (non-hydrogen) atoms. The third-order valence-corrected chi connectivity index (χ3v) is 13.8. The standard InChI is InChI=1S/C49H40BN2S/c1-28-25-36-37(49(4,5)24-23-48(36,2)3)27-40(28)51-39-22-21-34-32-16-9-11-20-42(32)53-47(34)43(39)35-26-29-13-6-7-14-30(29)46-44(35)50-38-18-12-17-33-31-15-8-10-19-41(31)52(46)45(33)38/h6-22,25-27,51H,23-24H2,1-5H3. The number of aryl methyl sites for hydroxylation is 1. The summed E-state index contributed by atoms with van der Waals surface area (Å²) in [6.45, 7) is 12.0. The van der Waals surface area contributed by atoms with Crippen molar-refractivity contribution in [1.29, 1.82) is 0 Å². The number of anilines is 2. The molecule has 2 aromatic heterocycles. The van der Waals surface area contributed by atoms with Crippen molar-refractivity contribution in [2.75, 3.05) is 5.32 Å². The molecule has 0 fully saturated rings. The lowest BCUT2D eigenvalue weighted by Gasteiger charge is -2.42. The summed E-state index contributed by atoms with van der Waals surface area (Å²) < 4.78 is 5.19. The Morgan fingerprint density at radius 2 is 1.34 bits per heavy atom. The Hall–Kier alpha value is -5.32. The Morgan fingerprint density at radius 1 is 0.642 bits per heavy atom. The quantitative estimate of drug-likeness (QED) is 0.182. The second-order valence-electron chi connectivity index (χ2n) is 16.7. The fourth-order valence-corrected chi connectivity index (χ4v) is 10.9. The largest absolute Gasteiger partial charge is 0.355 e. The monoisotopic (exact) mass is 699 g/mol. The van der Waals surface area contributed by atoms with Crippen molar-refractivity contribution in [3.63, 3.8) is 0 Å². The Morgan fingerprint density at radius 3 is 2.17 bits per heavy atom. The third-order valence-electron chi connectivity index (χ3n) is 12.6. The average molecular weight is 700 g/mol. The number of hydrogen-bond acceptors (Lipinski definition) is 2. The topological polar surface area (TPSA) is 17.0 Å². The maximum atomic E-state index is 4.10. The minimum absolute atomic E-state index is 0.123. The van der Waals surface area contributed by atoms with Crippen molar-refractivity contribution in [2.24, 2.45) is 0 Å². The molecule has 1 aliphatic heterocycles. The van der Waals surface area contributed by atoms with Crippen molar-refractivity contribution >= 4 is 93.7 Å². The summed E-state index contributed by atoms with van der Waals surface area (Å²) in [5.74, 6) is 0. The van der Waals surface area contributed by atoms with Gasteiger partial charge >= 0.3 is 0 Å². The molecule has 1 aliphatic carbocycles. The number of nitrogens with zero attached hydrogens (tertiary/aromatic N) is 1. The van der Waals surface area contributed by atoms with Gasteiger partial charge in [-0.25, -0.2) is 0 Å². The van der Waals surface area contributed by atoms with Crippen LogP contribution in [0.4, 0.5) is 11.4 Å². The lowest BCUT2D eigenvalue weighted by Crippen LogP contribution is -2.37. The van der Waals surface area contributed by atoms with E-state index in [-0.39, 0.29) is 10.8 Å². The van der Waals surface area contributed by atoms with Gasteiger partial charge in [0.15, 0.2) is 7.28 Å². The molecule has 0 atom stereocenters. The number of aromatic nitrogens is 1. The highest BCUT2D eigenvalue weighted by molar-refractivity contribution is 7.26. The first-order valence-corrected chi connectivity index (χ1v) is 19.8. The molecule has 0 saturated carbocycles. The lowest BCUT2D eigenvalue weighted by molar-refractivity contribution is 0.332. The molecular formula is C49H40BN2S. The summed E-state index contributed by atoms with van der Waals surface area (Å²) in [5.41, 5.74) is 15.8. The molecule has 2 aliphatic rings. The predicted molar refractivity (Wildman–Crippen MR) is 231 cm³/mol. The van der Waals surface area contributed by atoms with Crippen LogP contribution in [0.2, 0.25) is 0 Å². The van der Waals surface area contributed by atoms with Crippen LogP contribution < -0.4 is 16.2 Å². The number of thiophene rings is 1. The first-order valence-electron chi connectivity index (χ1n) is 19.0. The van der Waals surface area contributed by atoms with E-state index in [1.54, 1.807) is 0 Å². The second-order valence-corrected chi connectivity index (χ2v) is 17.8. The normalized spacial score (nSPS) is 15.6. The van der Waals surface area contributed by atoms with E-state index in [1.807, 2.05) is 11.3 Å². The molecule has 1 N–H and O–H groups in total. The van der Waals surface area contributed by atoms with Crippen LogP contribution in [0.1, 0.15) is 57.2 Å². The van der Waals surface area contributed by atoms with Gasteiger partial charge in [0.25, 0.3) is 0 Å². The Bertz CT molecular complexity index is 3030. The van der Waals surface area contributed by atoms with Gasteiger partial charge in [-0.1, -0.05) is 124 Å². The number of hydrogen-bond donors (Lipinski definition) is 1. The van der Waals surface area contributed by atoms with Gasteiger partial charge in [0.2, 0.25) is 0 Å². The van der Waals surface area contributed by atoms with Crippen LogP contribution in [0.5, 0.6) is 0 Å². The smallest absolute Gasteiger partial charge is 0.197 e. The molecule has 9 aromatic rings. The highest BCUT2D eigenvalue weighted by Crippen LogP contribution is 2.50. The molecule has 0 unspecified atom stereocenters. The first-order chi connectivity index (χ1) is 25.7. The van der Waals surface area contributed by atoms with E-state index < -0.39 is 0 Å². The molecule has 2 nitrogen and oxygen atoms in total. The SMILES string of the molecule is Cc1cc2c(cc1Nc1ccc3c(sc4ccccc43)c1-c1cc3ccccc3c3c1[B]c1cccc4c5ccccc5n-3c14)C(C)(C)CCC2(C)C. The van der Waals surface area contributed by atoms with Crippen LogP contribution in [-0.2, 0) is 10.8 Å². The highest BCUT2D eigenvalue weighted by atomic mass is 32.1. The Labute approximate surface area is 315 Å². The third kappa shape index (κ3) is 4.39. The van der Waals surface area contributed by atoms with Crippen LogP contribution >= 0.6 is 11.3 Å². The average Bonchev–Trinajstić information content (AvgIpc) is 3.71. The number of rotatable bonds is 3. The number of para-hydroxylation sites is 2. The number of benzene rings is 7. The van der Waals surface area contributed by atoms with Crippen LogP contribution in [0.25, 0.3) is 69.6 Å². The zero-order chi connectivity index (χ0) is 35.8. The van der Waals surface area contributed by atoms with Gasteiger partial charge in [0.1, 0.15) is 0 Å². The van der Waals surface area contributed by atoms with Crippen molar-refractivity contribution in [3.05, 3.63) is 138 Å². The van der Waals surface area contributed by atoms with Crippen LogP contribution in [0.15, 0.2) is 121 Å². The summed E-state index contributed by atoms with van der Waals surface area (Å²) in [7, 11) is 2.46. The van der Waals surface area contributed by atoms with E-state index >= 15 is 0 Å². The molecule has 0 spiro atoms. The fraction of sp³-hybridized carbons (Fsp3) is 0.184. The Kier molecular flexibility index (Phi) is 6.40. The van der Waals surface area contributed by atoms with E-state index in [1.165, 1.54) is 116 Å². The molecule has 4 heteroatoms. The summed E-state index contributed by atoms with van der Waals surface area (Å²) in [5, 5.41) is 11.8. The molecule has 0 bridgehead atoms. The number of fused-ring (bicyclic) bond motifs is 11. The zero-order valence-corrected chi connectivity index (χ0v) is 31.7. The molecule has 3 heterocycles. The van der Waals surface area contributed by atoms with E-state index in [2.05, 4.69) is 173 Å². The van der Waals surface area contributed by atoms with Crippen molar-refractivity contribution in [2.45, 2.75) is 58.3 Å². The maximum absolute atomic E-state index is 4.10. The lowest BCUT2D eigenvalue weighted by atomic mass is 9.58. The van der Waals surface area contributed by atoms with E-state index in [9.17, 15) is 0 Å². The van der Waals surface area contributed by atoms with E-state index in [0.29, 0.717) is 0 Å². The van der Waals surface area contributed by atoms with Gasteiger partial charge < -0.3 is 9.88 Å². The van der Waals surface area contributed by atoms with Gasteiger partial charge in [-0.3, -0.25) is 0 Å². The molecule has 0 saturated heterocycles. The van der Waals surface area contributed by atoms with Gasteiger partial charge in [0, 0.05) is 64.5 Å². The van der Waals surface area contributed by atoms with Crippen molar-refractivity contribution < 1.29 is 0 Å². The van der Waals surface area contributed by atoms with Crippen LogP contribution in [0.3, 0.4) is 0 Å². The molecular weight excluding hydrogens is 659 g/mol. The van der Waals surface area contributed by atoms with Crippen molar-refractivity contribution in [3.8, 4) is 16.8 Å². The molecule has 7 aromatic carbocycles. The molecule has 1 radical (unpaired) electrons. The van der Waals surface area contributed by atoms with E-state index in [4.69, 9.17) is 0 Å². The maximum Gasteiger partial charge on any atom is 0.197 e. The minimum Gasteiger partial charge on any atom is -0.355 e. The van der Waals surface area contributed by atoms with E-state index in [0.717, 1.165) is 5.69 Å². The van der Waals surface area contributed by atoms with Gasteiger partial charge in [-0.2, -0.15) is 0 Å². The molecule has 11 rings (SSSR count). The van der Waals surface area contributed by atoms with Crippen LogP contribution in [-0.4, -0.2) is 11.8 Å². The summed E-state index contributed by atoms with van der Waals surface area (Å²) in [4.78, 5) is 0. The van der Waals surface area contributed by atoms with Crippen LogP contribution in [0, 0.1) is 6.92 Å². The zero-order valence-electron chi connectivity index (χ0n) is 30.9. The van der Waals surface area contributed by atoms with Gasteiger partial charge in [-0.05, 0) is 94.0 Å². The van der Waals surface area contributed by atoms with Crippen molar-refractivity contribution in [1.82, 2.24) is 4.57 Å². The van der Waals surface area contributed by atoms with Gasteiger partial charge in [0.05, 0.1) is 5.52 Å². The second kappa shape index (κ2) is 10.9. The first kappa shape index (κ1) is 31.2. The Balaban J connectivity index is 1.24. The van der Waals surface area contributed by atoms with Gasteiger partial charge in [-0.15, -0.1) is 11.3 Å². The minimum atomic E-state index is 0.123. The summed E-state index contributed by atoms with van der Waals surface area (Å²) >= 11 is 1.91. The molecule has 0 amide bonds. The highest BCUT2D eigenvalue weighted by Gasteiger charge is 2.38. The molecule has 255 valence electrons. The fourth-order valence-electron chi connectivity index (χ4n) is 9.65. The predicted octanol–water partition coefficient (Wildman–Crippen LogP) is 12.3. The summed E-state index contributed by atoms with van der Waals surface area (Å²) in [6.07, 6.45) is 2.40. The number of nitrogens with one attached hydrogen (secondary N) is 1. The summed E-state index contributed by atoms with van der Waals surface area (Å²) in [6, 6.07) is 45.7.